The van der Waals surface area contributed by atoms with Crippen LogP contribution in [0.3, 0.4) is 0 Å². The van der Waals surface area contributed by atoms with Crippen LogP contribution in [0.2, 0.25) is 0 Å². The first-order valence-electron chi connectivity index (χ1n) is 8.94. The minimum absolute atomic E-state index is 0.356. The van der Waals surface area contributed by atoms with Crippen LogP contribution in [0.1, 0.15) is 37.0 Å². The Balaban J connectivity index is 1.41. The maximum Gasteiger partial charge on any atom is 0.222 e. The lowest BCUT2D eigenvalue weighted by Crippen LogP contribution is -2.42. The summed E-state index contributed by atoms with van der Waals surface area (Å²) in [5, 5.41) is 1.18. The SMILES string of the molecule is Cc1cc2c(N3CCC(CN4CCCCC4=O)CC3)ncnc2s1. The summed E-state index contributed by atoms with van der Waals surface area (Å²) in [6.07, 6.45) is 6.94. The van der Waals surface area contributed by atoms with Crippen LogP contribution in [0.5, 0.6) is 0 Å². The number of nitrogens with zero attached hydrogens (tertiary/aromatic N) is 4. The van der Waals surface area contributed by atoms with Gasteiger partial charge in [-0.15, -0.1) is 11.3 Å². The van der Waals surface area contributed by atoms with Gasteiger partial charge in [0, 0.05) is 37.5 Å². The Morgan fingerprint density at radius 3 is 2.83 bits per heavy atom. The highest BCUT2D eigenvalue weighted by molar-refractivity contribution is 7.18. The molecule has 128 valence electrons. The van der Waals surface area contributed by atoms with Crippen molar-refractivity contribution in [2.24, 2.45) is 5.92 Å². The van der Waals surface area contributed by atoms with E-state index in [2.05, 4.69) is 32.8 Å². The first-order chi connectivity index (χ1) is 11.7. The fraction of sp³-hybridized carbons (Fsp3) is 0.611. The van der Waals surface area contributed by atoms with Crippen molar-refractivity contribution in [1.82, 2.24) is 14.9 Å². The number of rotatable bonds is 3. The van der Waals surface area contributed by atoms with E-state index >= 15 is 0 Å². The van der Waals surface area contributed by atoms with Gasteiger partial charge >= 0.3 is 0 Å². The summed E-state index contributed by atoms with van der Waals surface area (Å²) in [6, 6.07) is 2.20. The molecular weight excluding hydrogens is 320 g/mol. The molecule has 5 nitrogen and oxygen atoms in total. The van der Waals surface area contributed by atoms with E-state index in [9.17, 15) is 4.79 Å². The third-order valence-electron chi connectivity index (χ3n) is 5.25. The molecule has 24 heavy (non-hydrogen) atoms. The number of fused-ring (bicyclic) bond motifs is 1. The van der Waals surface area contributed by atoms with Gasteiger partial charge in [-0.2, -0.15) is 0 Å². The van der Waals surface area contributed by atoms with Gasteiger partial charge in [-0.05, 0) is 44.6 Å². The van der Waals surface area contributed by atoms with Crippen LogP contribution in [0.4, 0.5) is 5.82 Å². The quantitative estimate of drug-likeness (QED) is 0.858. The molecule has 0 aromatic carbocycles. The Kier molecular flexibility index (Phi) is 4.39. The summed E-state index contributed by atoms with van der Waals surface area (Å²) in [5.41, 5.74) is 0. The van der Waals surface area contributed by atoms with E-state index in [0.29, 0.717) is 11.8 Å². The summed E-state index contributed by atoms with van der Waals surface area (Å²) in [6.45, 7) is 6.07. The summed E-state index contributed by atoms with van der Waals surface area (Å²) in [5.74, 6) is 2.07. The third-order valence-corrected chi connectivity index (χ3v) is 6.20. The average molecular weight is 344 g/mol. The number of anilines is 1. The van der Waals surface area contributed by atoms with Crippen LogP contribution >= 0.6 is 11.3 Å². The number of amides is 1. The second-order valence-electron chi connectivity index (χ2n) is 7.00. The average Bonchev–Trinajstić information content (AvgIpc) is 2.98. The summed E-state index contributed by atoms with van der Waals surface area (Å²) >= 11 is 1.73. The number of thiophene rings is 1. The first kappa shape index (κ1) is 15.8. The molecule has 0 saturated carbocycles. The van der Waals surface area contributed by atoms with Gasteiger partial charge in [0.05, 0.1) is 5.39 Å². The molecule has 0 unspecified atom stereocenters. The van der Waals surface area contributed by atoms with Gasteiger partial charge in [0.1, 0.15) is 17.0 Å². The van der Waals surface area contributed by atoms with Crippen molar-refractivity contribution >= 4 is 33.3 Å². The highest BCUT2D eigenvalue weighted by Crippen LogP contribution is 2.32. The van der Waals surface area contributed by atoms with Gasteiger partial charge < -0.3 is 9.80 Å². The summed E-state index contributed by atoms with van der Waals surface area (Å²) in [7, 11) is 0. The van der Waals surface area contributed by atoms with Crippen molar-refractivity contribution in [3.05, 3.63) is 17.3 Å². The summed E-state index contributed by atoms with van der Waals surface area (Å²) in [4.78, 5) is 27.8. The molecule has 4 rings (SSSR count). The standard InChI is InChI=1S/C18H24N4OS/c1-13-10-15-17(19-12-20-18(15)24-13)21-8-5-14(6-9-21)11-22-7-3-2-4-16(22)23/h10,12,14H,2-9,11H2,1H3. The van der Waals surface area contributed by atoms with Crippen LogP contribution in [-0.2, 0) is 4.79 Å². The van der Waals surface area contributed by atoms with Crippen molar-refractivity contribution in [2.75, 3.05) is 31.1 Å². The van der Waals surface area contributed by atoms with Crippen LogP contribution in [0, 0.1) is 12.8 Å². The van der Waals surface area contributed by atoms with Crippen LogP contribution in [-0.4, -0.2) is 47.0 Å². The Hall–Kier alpha value is -1.69. The number of aromatic nitrogens is 2. The Morgan fingerprint density at radius 1 is 1.21 bits per heavy atom. The molecule has 2 fully saturated rings. The van der Waals surface area contributed by atoms with Crippen LogP contribution < -0.4 is 4.90 Å². The van der Waals surface area contributed by atoms with Crippen molar-refractivity contribution < 1.29 is 4.79 Å². The third kappa shape index (κ3) is 3.11. The lowest BCUT2D eigenvalue weighted by Gasteiger charge is -2.36. The summed E-state index contributed by atoms with van der Waals surface area (Å²) < 4.78 is 0. The van der Waals surface area contributed by atoms with Crippen molar-refractivity contribution in [2.45, 2.75) is 39.0 Å². The molecule has 2 aromatic heterocycles. The molecule has 6 heteroatoms. The zero-order valence-electron chi connectivity index (χ0n) is 14.2. The van der Waals surface area contributed by atoms with E-state index in [4.69, 9.17) is 0 Å². The second-order valence-corrected chi connectivity index (χ2v) is 8.24. The first-order valence-corrected chi connectivity index (χ1v) is 9.76. The van der Waals surface area contributed by atoms with E-state index < -0.39 is 0 Å². The molecule has 0 aliphatic carbocycles. The molecule has 0 spiro atoms. The molecule has 0 atom stereocenters. The monoisotopic (exact) mass is 344 g/mol. The van der Waals surface area contributed by atoms with Gasteiger partial charge in [0.25, 0.3) is 0 Å². The van der Waals surface area contributed by atoms with E-state index in [1.54, 1.807) is 17.7 Å². The van der Waals surface area contributed by atoms with Gasteiger partial charge in [-0.1, -0.05) is 0 Å². The molecule has 4 heterocycles. The predicted octanol–water partition coefficient (Wildman–Crippen LogP) is 3.23. The van der Waals surface area contributed by atoms with Crippen molar-refractivity contribution in [3.63, 3.8) is 0 Å². The Morgan fingerprint density at radius 2 is 2.04 bits per heavy atom. The fourth-order valence-electron chi connectivity index (χ4n) is 3.91. The number of piperidine rings is 2. The van der Waals surface area contributed by atoms with E-state index in [1.807, 2.05) is 0 Å². The number of aryl methyl sites for hydroxylation is 1. The minimum atomic E-state index is 0.356. The molecule has 2 aromatic rings. The minimum Gasteiger partial charge on any atom is -0.356 e. The van der Waals surface area contributed by atoms with Crippen LogP contribution in [0.15, 0.2) is 12.4 Å². The Bertz CT molecular complexity index is 736. The second kappa shape index (κ2) is 6.67. The number of hydrogen-bond acceptors (Lipinski definition) is 5. The zero-order chi connectivity index (χ0) is 16.5. The van der Waals surface area contributed by atoms with Crippen molar-refractivity contribution in [3.8, 4) is 0 Å². The molecule has 0 bridgehead atoms. The maximum absolute atomic E-state index is 12.0. The Labute approximate surface area is 146 Å². The van der Waals surface area contributed by atoms with Crippen LogP contribution in [0.25, 0.3) is 10.2 Å². The molecular formula is C18H24N4OS. The molecule has 1 amide bonds. The van der Waals surface area contributed by atoms with Crippen molar-refractivity contribution in [1.29, 1.82) is 0 Å². The molecule has 2 aliphatic heterocycles. The lowest BCUT2D eigenvalue weighted by atomic mass is 9.95. The maximum atomic E-state index is 12.0. The van der Waals surface area contributed by atoms with Gasteiger partial charge in [0.15, 0.2) is 0 Å². The smallest absolute Gasteiger partial charge is 0.222 e. The lowest BCUT2D eigenvalue weighted by molar-refractivity contribution is -0.134. The number of hydrogen-bond donors (Lipinski definition) is 0. The zero-order valence-corrected chi connectivity index (χ0v) is 15.0. The van der Waals surface area contributed by atoms with Gasteiger partial charge in [0.2, 0.25) is 5.91 Å². The van der Waals surface area contributed by atoms with Gasteiger partial charge in [-0.25, -0.2) is 9.97 Å². The number of likely N-dealkylation sites (tertiary alicyclic amines) is 1. The van der Waals surface area contributed by atoms with Gasteiger partial charge in [-0.3, -0.25) is 4.79 Å². The highest BCUT2D eigenvalue weighted by atomic mass is 32.1. The van der Waals surface area contributed by atoms with E-state index in [1.165, 1.54) is 16.7 Å². The molecule has 0 radical (unpaired) electrons. The van der Waals surface area contributed by atoms with E-state index in [-0.39, 0.29) is 0 Å². The normalized spacial score (nSPS) is 20.1. The molecule has 2 aliphatic rings. The number of carbonyl (C=O) groups is 1. The topological polar surface area (TPSA) is 49.3 Å². The predicted molar refractivity (Wildman–Crippen MR) is 97.5 cm³/mol. The molecule has 0 N–H and O–H groups in total. The highest BCUT2D eigenvalue weighted by Gasteiger charge is 2.26. The van der Waals surface area contributed by atoms with E-state index in [0.717, 1.165) is 62.5 Å². The number of carbonyl (C=O) groups excluding carboxylic acids is 1. The largest absolute Gasteiger partial charge is 0.356 e. The molecule has 2 saturated heterocycles. The fourth-order valence-corrected chi connectivity index (χ4v) is 4.75.